The first-order valence-electron chi connectivity index (χ1n) is 9.78. The van der Waals surface area contributed by atoms with Crippen molar-refractivity contribution in [2.75, 3.05) is 5.32 Å². The summed E-state index contributed by atoms with van der Waals surface area (Å²) < 4.78 is 38.7. The van der Waals surface area contributed by atoms with E-state index in [1.165, 1.54) is 5.57 Å². The van der Waals surface area contributed by atoms with Gasteiger partial charge in [0.15, 0.2) is 5.17 Å². The molecule has 2 amide bonds. The Bertz CT molecular complexity index is 1030. The van der Waals surface area contributed by atoms with Crippen LogP contribution in [-0.4, -0.2) is 27.9 Å². The van der Waals surface area contributed by atoms with Gasteiger partial charge in [0.25, 0.3) is 0 Å². The Morgan fingerprint density at radius 3 is 2.69 bits per heavy atom. The standard InChI is InChI=1S/C21H22ClF3N4O2S/c1-11-6-13(10-20(2,3)9-11)28-29-19-27-18(31)16(32-19)8-17(30)26-15-7-12(21(23,24)25)4-5-14(15)22/h4-7,16H,8-10H2,1-3H3,(H,26,30)(H,27,29,31). The van der Waals surface area contributed by atoms with E-state index >= 15 is 0 Å². The van der Waals surface area contributed by atoms with E-state index in [9.17, 15) is 22.8 Å². The van der Waals surface area contributed by atoms with Gasteiger partial charge in [0, 0.05) is 6.42 Å². The zero-order valence-corrected chi connectivity index (χ0v) is 19.2. The fourth-order valence-corrected chi connectivity index (χ4v) is 4.70. The number of rotatable bonds is 4. The molecule has 0 aromatic heterocycles. The predicted molar refractivity (Wildman–Crippen MR) is 121 cm³/mol. The third kappa shape index (κ3) is 6.35. The summed E-state index contributed by atoms with van der Waals surface area (Å²) >= 11 is 6.95. The lowest BCUT2D eigenvalue weighted by Crippen LogP contribution is -2.28. The third-order valence-corrected chi connectivity index (χ3v) is 6.22. The van der Waals surface area contributed by atoms with Crippen LogP contribution in [0.1, 0.15) is 45.6 Å². The molecule has 1 heterocycles. The van der Waals surface area contributed by atoms with E-state index in [2.05, 4.69) is 34.7 Å². The van der Waals surface area contributed by atoms with Gasteiger partial charge in [-0.05, 0) is 49.5 Å². The second kappa shape index (κ2) is 9.27. The lowest BCUT2D eigenvalue weighted by molar-refractivity contribution is -0.137. The summed E-state index contributed by atoms with van der Waals surface area (Å²) in [5, 5.41) is 12.7. The van der Waals surface area contributed by atoms with Crippen LogP contribution in [0.5, 0.6) is 0 Å². The third-order valence-electron chi connectivity index (χ3n) is 4.81. The van der Waals surface area contributed by atoms with Gasteiger partial charge in [-0.1, -0.05) is 42.8 Å². The van der Waals surface area contributed by atoms with Crippen LogP contribution in [0.2, 0.25) is 5.02 Å². The number of anilines is 1. The van der Waals surface area contributed by atoms with Crippen LogP contribution in [0, 0.1) is 5.41 Å². The van der Waals surface area contributed by atoms with Crippen molar-refractivity contribution < 1.29 is 22.8 Å². The fourth-order valence-electron chi connectivity index (χ4n) is 3.62. The van der Waals surface area contributed by atoms with Crippen LogP contribution >= 0.6 is 23.4 Å². The summed E-state index contributed by atoms with van der Waals surface area (Å²) in [4.78, 5) is 24.5. The van der Waals surface area contributed by atoms with Gasteiger partial charge in [0.2, 0.25) is 11.8 Å². The van der Waals surface area contributed by atoms with Crippen LogP contribution < -0.4 is 10.6 Å². The first-order chi connectivity index (χ1) is 14.8. The lowest BCUT2D eigenvalue weighted by Gasteiger charge is -2.28. The van der Waals surface area contributed by atoms with Crippen LogP contribution in [-0.2, 0) is 15.8 Å². The number of carbonyl (C=O) groups excluding carboxylic acids is 2. The molecule has 1 fully saturated rings. The second-order valence-corrected chi connectivity index (χ2v) is 10.1. The minimum absolute atomic E-state index is 0.0355. The molecule has 0 bridgehead atoms. The van der Waals surface area contributed by atoms with Gasteiger partial charge in [-0.3, -0.25) is 9.59 Å². The summed E-state index contributed by atoms with van der Waals surface area (Å²) in [6.07, 6.45) is -1.13. The molecule has 1 aliphatic heterocycles. The highest BCUT2D eigenvalue weighted by Gasteiger charge is 2.34. The molecule has 0 spiro atoms. The zero-order valence-electron chi connectivity index (χ0n) is 17.6. The molecule has 11 heteroatoms. The number of allylic oxidation sites excluding steroid dienone is 2. The molecule has 1 aromatic rings. The van der Waals surface area contributed by atoms with E-state index in [0.717, 1.165) is 48.5 Å². The summed E-state index contributed by atoms with van der Waals surface area (Å²) in [6.45, 7) is 6.31. The molecule has 1 unspecified atom stereocenters. The van der Waals surface area contributed by atoms with E-state index < -0.39 is 28.8 Å². The average Bonchev–Trinajstić information content (AvgIpc) is 2.98. The maximum Gasteiger partial charge on any atom is 0.416 e. The van der Waals surface area contributed by atoms with Crippen molar-refractivity contribution in [3.63, 3.8) is 0 Å². The predicted octanol–water partition coefficient (Wildman–Crippen LogP) is 5.40. The number of thioether (sulfide) groups is 1. The van der Waals surface area contributed by atoms with Crippen molar-refractivity contribution in [2.45, 2.75) is 51.5 Å². The summed E-state index contributed by atoms with van der Waals surface area (Å²) in [7, 11) is 0. The molecule has 2 aliphatic rings. The summed E-state index contributed by atoms with van der Waals surface area (Å²) in [5.74, 6) is -1.06. The van der Waals surface area contributed by atoms with Crippen molar-refractivity contribution in [2.24, 2.45) is 15.6 Å². The van der Waals surface area contributed by atoms with Gasteiger partial charge in [0.05, 0.1) is 22.0 Å². The van der Waals surface area contributed by atoms with E-state index in [4.69, 9.17) is 11.6 Å². The number of amidine groups is 1. The van der Waals surface area contributed by atoms with E-state index in [1.807, 2.05) is 13.0 Å². The number of benzene rings is 1. The summed E-state index contributed by atoms with van der Waals surface area (Å²) in [5.41, 5.74) is 0.980. The Morgan fingerprint density at radius 2 is 2.03 bits per heavy atom. The Labute approximate surface area is 192 Å². The van der Waals surface area contributed by atoms with Crippen molar-refractivity contribution in [3.8, 4) is 0 Å². The summed E-state index contributed by atoms with van der Waals surface area (Å²) in [6, 6.07) is 2.64. The number of halogens is 4. The quantitative estimate of drug-likeness (QED) is 0.559. The van der Waals surface area contributed by atoms with Crippen LogP contribution in [0.25, 0.3) is 0 Å². The van der Waals surface area contributed by atoms with Gasteiger partial charge >= 0.3 is 6.18 Å². The fraction of sp³-hybridized carbons (Fsp3) is 0.429. The highest BCUT2D eigenvalue weighted by Crippen LogP contribution is 2.35. The highest BCUT2D eigenvalue weighted by molar-refractivity contribution is 8.15. The van der Waals surface area contributed by atoms with E-state index in [-0.39, 0.29) is 27.7 Å². The van der Waals surface area contributed by atoms with Crippen molar-refractivity contribution in [3.05, 3.63) is 40.4 Å². The largest absolute Gasteiger partial charge is 0.416 e. The molecule has 6 nitrogen and oxygen atoms in total. The first kappa shape index (κ1) is 24.3. The Morgan fingerprint density at radius 1 is 1.31 bits per heavy atom. The average molecular weight is 487 g/mol. The monoisotopic (exact) mass is 486 g/mol. The molecule has 1 saturated heterocycles. The SMILES string of the molecule is CC1=CC(=N/N=C2/NC(=O)C(CC(=O)Nc3cc(C(F)(F)F)ccc3Cl)S2)CC(C)(C)C1. The topological polar surface area (TPSA) is 82.9 Å². The number of hydrogen-bond acceptors (Lipinski definition) is 5. The smallest absolute Gasteiger partial charge is 0.325 e. The first-order valence-corrected chi connectivity index (χ1v) is 11.0. The molecule has 1 aliphatic carbocycles. The molecule has 2 N–H and O–H groups in total. The maximum atomic E-state index is 12.9. The molecule has 1 atom stereocenters. The van der Waals surface area contributed by atoms with E-state index in [0.29, 0.717) is 0 Å². The number of nitrogens with one attached hydrogen (secondary N) is 2. The Balaban J connectivity index is 1.64. The second-order valence-electron chi connectivity index (χ2n) is 8.55. The normalized spacial score (nSPS) is 23.3. The molecule has 32 heavy (non-hydrogen) atoms. The van der Waals surface area contributed by atoms with Crippen molar-refractivity contribution in [1.82, 2.24) is 5.32 Å². The molecular weight excluding hydrogens is 465 g/mol. The van der Waals surface area contributed by atoms with Crippen LogP contribution in [0.4, 0.5) is 18.9 Å². The van der Waals surface area contributed by atoms with Gasteiger partial charge in [0.1, 0.15) is 5.25 Å². The molecule has 1 aromatic carbocycles. The Hall–Kier alpha value is -2.33. The van der Waals surface area contributed by atoms with Crippen molar-refractivity contribution >= 4 is 51.7 Å². The molecular formula is C21H22ClF3N4O2S. The minimum Gasteiger partial charge on any atom is -0.325 e. The highest BCUT2D eigenvalue weighted by atomic mass is 35.5. The zero-order chi connectivity index (χ0) is 23.7. The number of hydrogen-bond donors (Lipinski definition) is 2. The van der Waals surface area contributed by atoms with E-state index in [1.54, 1.807) is 0 Å². The molecule has 3 rings (SSSR count). The minimum atomic E-state index is -4.57. The number of amides is 2. The molecule has 0 radical (unpaired) electrons. The van der Waals surface area contributed by atoms with Crippen LogP contribution in [0.3, 0.4) is 0 Å². The van der Waals surface area contributed by atoms with Gasteiger partial charge in [-0.2, -0.15) is 18.3 Å². The lowest BCUT2D eigenvalue weighted by atomic mass is 9.77. The van der Waals surface area contributed by atoms with Crippen LogP contribution in [0.15, 0.2) is 40.1 Å². The number of alkyl halides is 3. The number of carbonyl (C=O) groups is 2. The number of nitrogens with zero attached hydrogens (tertiary/aromatic N) is 2. The molecule has 172 valence electrons. The maximum absolute atomic E-state index is 12.9. The van der Waals surface area contributed by atoms with Crippen molar-refractivity contribution in [1.29, 1.82) is 0 Å². The molecule has 0 saturated carbocycles. The Kier molecular flexibility index (Phi) is 7.04. The van der Waals surface area contributed by atoms with Gasteiger partial charge in [-0.15, -0.1) is 5.10 Å². The van der Waals surface area contributed by atoms with Gasteiger partial charge in [-0.25, -0.2) is 0 Å². The van der Waals surface area contributed by atoms with Gasteiger partial charge < -0.3 is 10.6 Å².